The topological polar surface area (TPSA) is 12.0 Å². The zero-order chi connectivity index (χ0) is 12.1. The number of alkyl halides is 3. The third kappa shape index (κ3) is 1.75. The van der Waals surface area contributed by atoms with Gasteiger partial charge in [0, 0.05) is 5.54 Å². The van der Waals surface area contributed by atoms with Gasteiger partial charge in [-0.25, -0.2) is 0 Å². The summed E-state index contributed by atoms with van der Waals surface area (Å²) in [5, 5.41) is 3.45. The Bertz CT molecular complexity index is 410. The average Bonchev–Trinajstić information content (AvgIpc) is 2.28. The van der Waals surface area contributed by atoms with Gasteiger partial charge in [0.05, 0.1) is 5.56 Å². The van der Waals surface area contributed by atoms with Gasteiger partial charge in [-0.05, 0) is 49.4 Å². The first kappa shape index (κ1) is 11.1. The minimum atomic E-state index is -4.24. The largest absolute Gasteiger partial charge is 0.416 e. The standard InChI is InChI=1S/C13H14F3N/c14-13(15,16)11-3-1-10(2-4-11)12-7-9(8-12)5-6-17-12/h1-4,9,17H,5-8H2. The molecule has 1 nitrogen and oxygen atoms in total. The molecule has 0 spiro atoms. The maximum Gasteiger partial charge on any atom is 0.416 e. The molecule has 0 atom stereocenters. The number of hydrogen-bond donors (Lipinski definition) is 1. The van der Waals surface area contributed by atoms with Gasteiger partial charge in [-0.1, -0.05) is 12.1 Å². The van der Waals surface area contributed by atoms with E-state index in [1.807, 2.05) is 0 Å². The molecule has 17 heavy (non-hydrogen) atoms. The lowest BCUT2D eigenvalue weighted by Gasteiger charge is -2.53. The molecule has 1 aromatic carbocycles. The summed E-state index contributed by atoms with van der Waals surface area (Å²) >= 11 is 0. The number of benzene rings is 1. The minimum absolute atomic E-state index is 0.0347. The first-order chi connectivity index (χ1) is 8.00. The fourth-order valence-electron chi connectivity index (χ4n) is 3.11. The van der Waals surface area contributed by atoms with Gasteiger partial charge in [-0.2, -0.15) is 13.2 Å². The van der Waals surface area contributed by atoms with Crippen LogP contribution in [0.5, 0.6) is 0 Å². The molecule has 1 saturated carbocycles. The van der Waals surface area contributed by atoms with Crippen LogP contribution in [0.1, 0.15) is 30.4 Å². The molecule has 2 aliphatic heterocycles. The van der Waals surface area contributed by atoms with Crippen LogP contribution < -0.4 is 5.32 Å². The van der Waals surface area contributed by atoms with E-state index in [-0.39, 0.29) is 5.54 Å². The number of halogens is 3. The van der Waals surface area contributed by atoms with Gasteiger partial charge < -0.3 is 5.32 Å². The summed E-state index contributed by atoms with van der Waals surface area (Å²) in [5.74, 6) is 0.763. The second-order valence-electron chi connectivity index (χ2n) is 5.15. The Morgan fingerprint density at radius 3 is 2.24 bits per heavy atom. The van der Waals surface area contributed by atoms with E-state index in [4.69, 9.17) is 0 Å². The second kappa shape index (κ2) is 3.48. The molecule has 2 saturated heterocycles. The summed E-state index contributed by atoms with van der Waals surface area (Å²) in [4.78, 5) is 0. The molecule has 92 valence electrons. The number of hydrogen-bond acceptors (Lipinski definition) is 1. The number of fused-ring (bicyclic) bond motifs is 2. The first-order valence-electron chi connectivity index (χ1n) is 5.92. The van der Waals surface area contributed by atoms with Crippen molar-refractivity contribution >= 4 is 0 Å². The normalized spacial score (nSPS) is 32.1. The third-order valence-electron chi connectivity index (χ3n) is 4.06. The molecule has 3 aliphatic rings. The van der Waals surface area contributed by atoms with E-state index in [2.05, 4.69) is 5.32 Å². The fourth-order valence-corrected chi connectivity index (χ4v) is 3.11. The first-order valence-corrected chi connectivity index (χ1v) is 5.92. The molecule has 0 aromatic heterocycles. The Hall–Kier alpha value is -1.03. The van der Waals surface area contributed by atoms with E-state index in [1.54, 1.807) is 12.1 Å². The van der Waals surface area contributed by atoms with Crippen molar-refractivity contribution in [3.8, 4) is 0 Å². The van der Waals surface area contributed by atoms with Gasteiger partial charge in [0.2, 0.25) is 0 Å². The summed E-state index contributed by atoms with van der Waals surface area (Å²) in [6.07, 6.45) is -0.905. The summed E-state index contributed by atoms with van der Waals surface area (Å²) < 4.78 is 37.4. The number of piperidine rings is 2. The lowest BCUT2D eigenvalue weighted by Crippen LogP contribution is -2.57. The van der Waals surface area contributed by atoms with E-state index in [9.17, 15) is 13.2 Å². The quantitative estimate of drug-likeness (QED) is 0.795. The van der Waals surface area contributed by atoms with Gasteiger partial charge in [-0.3, -0.25) is 0 Å². The Morgan fingerprint density at radius 2 is 1.76 bits per heavy atom. The summed E-state index contributed by atoms with van der Waals surface area (Å²) in [6.45, 7) is 0.978. The monoisotopic (exact) mass is 241 g/mol. The highest BCUT2D eigenvalue weighted by molar-refractivity contribution is 5.33. The lowest BCUT2D eigenvalue weighted by molar-refractivity contribution is -0.137. The summed E-state index contributed by atoms with van der Waals surface area (Å²) in [6, 6.07) is 5.62. The highest BCUT2D eigenvalue weighted by Crippen LogP contribution is 2.50. The predicted octanol–water partition coefficient (Wildman–Crippen LogP) is 3.30. The van der Waals surface area contributed by atoms with Crippen molar-refractivity contribution < 1.29 is 13.2 Å². The molecule has 1 aromatic rings. The Labute approximate surface area is 98.0 Å². The van der Waals surface area contributed by atoms with E-state index < -0.39 is 11.7 Å². The smallest absolute Gasteiger partial charge is 0.307 e. The number of nitrogens with one attached hydrogen (secondary N) is 1. The van der Waals surface area contributed by atoms with Crippen molar-refractivity contribution in [3.63, 3.8) is 0 Å². The van der Waals surface area contributed by atoms with Crippen molar-refractivity contribution in [3.05, 3.63) is 35.4 Å². The van der Waals surface area contributed by atoms with Crippen LogP contribution in [0.4, 0.5) is 13.2 Å². The Morgan fingerprint density at radius 1 is 1.12 bits per heavy atom. The molecule has 4 heteroatoms. The van der Waals surface area contributed by atoms with Gasteiger partial charge in [0.25, 0.3) is 0 Å². The molecule has 2 heterocycles. The van der Waals surface area contributed by atoms with Gasteiger partial charge >= 0.3 is 6.18 Å². The van der Waals surface area contributed by atoms with Crippen molar-refractivity contribution in [1.82, 2.24) is 5.32 Å². The van der Waals surface area contributed by atoms with E-state index >= 15 is 0 Å². The van der Waals surface area contributed by atoms with Crippen molar-refractivity contribution in [1.29, 1.82) is 0 Å². The maximum atomic E-state index is 12.5. The van der Waals surface area contributed by atoms with Crippen LogP contribution in [0.2, 0.25) is 0 Å². The van der Waals surface area contributed by atoms with Crippen LogP contribution in [0, 0.1) is 5.92 Å². The van der Waals surface area contributed by atoms with Crippen LogP contribution in [0.3, 0.4) is 0 Å². The van der Waals surface area contributed by atoms with Crippen LogP contribution in [-0.4, -0.2) is 6.54 Å². The Balaban J connectivity index is 1.85. The van der Waals surface area contributed by atoms with E-state index in [0.29, 0.717) is 0 Å². The third-order valence-corrected chi connectivity index (χ3v) is 4.06. The van der Waals surface area contributed by atoms with Crippen LogP contribution in [-0.2, 0) is 11.7 Å². The lowest BCUT2D eigenvalue weighted by atomic mass is 9.61. The average molecular weight is 241 g/mol. The molecule has 0 unspecified atom stereocenters. The number of rotatable bonds is 1. The van der Waals surface area contributed by atoms with Crippen LogP contribution in [0.25, 0.3) is 0 Å². The van der Waals surface area contributed by atoms with Gasteiger partial charge in [0.1, 0.15) is 0 Å². The van der Waals surface area contributed by atoms with Crippen LogP contribution in [0.15, 0.2) is 24.3 Å². The minimum Gasteiger partial charge on any atom is -0.307 e. The summed E-state index contributed by atoms with van der Waals surface area (Å²) in [5.41, 5.74) is 0.401. The van der Waals surface area contributed by atoms with Crippen molar-refractivity contribution in [2.45, 2.75) is 31.0 Å². The molecule has 0 amide bonds. The molecule has 3 fully saturated rings. The van der Waals surface area contributed by atoms with E-state index in [1.165, 1.54) is 18.6 Å². The molecule has 1 aliphatic carbocycles. The Kier molecular flexibility index (Phi) is 2.27. The zero-order valence-electron chi connectivity index (χ0n) is 9.35. The predicted molar refractivity (Wildman–Crippen MR) is 58.5 cm³/mol. The summed E-state index contributed by atoms with van der Waals surface area (Å²) in [7, 11) is 0. The van der Waals surface area contributed by atoms with E-state index in [0.717, 1.165) is 30.9 Å². The molecule has 2 bridgehead atoms. The highest BCUT2D eigenvalue weighted by atomic mass is 19.4. The van der Waals surface area contributed by atoms with Crippen molar-refractivity contribution in [2.24, 2.45) is 5.92 Å². The van der Waals surface area contributed by atoms with Gasteiger partial charge in [-0.15, -0.1) is 0 Å². The molecular weight excluding hydrogens is 227 g/mol. The second-order valence-corrected chi connectivity index (χ2v) is 5.15. The van der Waals surface area contributed by atoms with Crippen LogP contribution >= 0.6 is 0 Å². The molecule has 0 radical (unpaired) electrons. The SMILES string of the molecule is FC(F)(F)c1ccc(C23CC(CCN2)C3)cc1. The molecule has 1 N–H and O–H groups in total. The zero-order valence-corrected chi connectivity index (χ0v) is 9.35. The highest BCUT2D eigenvalue weighted by Gasteiger charge is 2.48. The maximum absolute atomic E-state index is 12.5. The van der Waals surface area contributed by atoms with Crippen molar-refractivity contribution in [2.75, 3.05) is 6.54 Å². The molecule has 4 rings (SSSR count). The molecular formula is C13H14F3N. The fraction of sp³-hybridized carbons (Fsp3) is 0.538. The van der Waals surface area contributed by atoms with Gasteiger partial charge in [0.15, 0.2) is 0 Å².